The minimum atomic E-state index is -5.79. The molecule has 0 radical (unpaired) electrons. The zero-order valence-corrected chi connectivity index (χ0v) is 13.1. The van der Waals surface area contributed by atoms with Crippen molar-refractivity contribution in [3.63, 3.8) is 0 Å². The van der Waals surface area contributed by atoms with Gasteiger partial charge in [-0.25, -0.2) is 4.39 Å². The summed E-state index contributed by atoms with van der Waals surface area (Å²) in [6.07, 6.45) is 0.147. The van der Waals surface area contributed by atoms with Gasteiger partial charge in [-0.05, 0) is 18.2 Å². The molecule has 1 heterocycles. The first-order valence-corrected chi connectivity index (χ1v) is 8.12. The molecule has 0 aliphatic heterocycles. The molecule has 0 fully saturated rings. The summed E-state index contributed by atoms with van der Waals surface area (Å²) in [5, 5.41) is 0. The first-order valence-electron chi connectivity index (χ1n) is 6.32. The van der Waals surface area contributed by atoms with Crippen LogP contribution >= 0.6 is 23.1 Å². The Morgan fingerprint density at radius 3 is 2.05 bits per heavy atom. The molecule has 2 rings (SSSR count). The molecule has 0 unspecified atom stereocenters. The molecule has 0 N–H and O–H groups in total. The third-order valence-electron chi connectivity index (χ3n) is 3.26. The monoisotopic (exact) mass is 364 g/mol. The van der Waals surface area contributed by atoms with E-state index in [-0.39, 0.29) is 11.3 Å². The van der Waals surface area contributed by atoms with Crippen molar-refractivity contribution in [2.45, 2.75) is 42.2 Å². The number of hydrogen-bond donors (Lipinski definition) is 0. The van der Waals surface area contributed by atoms with Crippen LogP contribution in [0.2, 0.25) is 0 Å². The zero-order valence-electron chi connectivity index (χ0n) is 11.5. The minimum absolute atomic E-state index is 0.147. The van der Waals surface area contributed by atoms with Crippen LogP contribution in [0.25, 0.3) is 5.57 Å². The molecular formula is C13H11F7S2. The molecule has 124 valence electrons. The second-order valence-electron chi connectivity index (χ2n) is 4.60. The van der Waals surface area contributed by atoms with Crippen LogP contribution in [-0.4, -0.2) is 23.5 Å². The largest absolute Gasteiger partial charge is 0.383 e. The summed E-state index contributed by atoms with van der Waals surface area (Å²) in [6.45, 7) is 3.33. The van der Waals surface area contributed by atoms with Gasteiger partial charge in [-0.1, -0.05) is 13.8 Å². The topological polar surface area (TPSA) is 0 Å². The van der Waals surface area contributed by atoms with Gasteiger partial charge in [-0.3, -0.25) is 0 Å². The highest BCUT2D eigenvalue weighted by Crippen LogP contribution is 2.63. The number of hydrogen-bond acceptors (Lipinski definition) is 2. The minimum Gasteiger partial charge on any atom is -0.204 e. The summed E-state index contributed by atoms with van der Waals surface area (Å²) in [4.78, 5) is 0.175. The fourth-order valence-electron chi connectivity index (χ4n) is 2.17. The van der Waals surface area contributed by atoms with Gasteiger partial charge in [0.1, 0.15) is 0 Å². The van der Waals surface area contributed by atoms with Crippen LogP contribution < -0.4 is 0 Å². The molecule has 0 spiro atoms. The van der Waals surface area contributed by atoms with Gasteiger partial charge in [0.25, 0.3) is 0 Å². The predicted molar refractivity (Wildman–Crippen MR) is 73.0 cm³/mol. The maximum Gasteiger partial charge on any atom is 0.383 e. The Morgan fingerprint density at radius 2 is 1.64 bits per heavy atom. The second-order valence-corrected chi connectivity index (χ2v) is 7.30. The molecule has 0 nitrogen and oxygen atoms in total. The lowest BCUT2D eigenvalue weighted by atomic mass is 10.0. The molecule has 0 amide bonds. The molecule has 0 atom stereocenters. The summed E-state index contributed by atoms with van der Waals surface area (Å²) in [5.41, 5.74) is -2.44. The smallest absolute Gasteiger partial charge is 0.204 e. The van der Waals surface area contributed by atoms with Gasteiger partial charge in [0.2, 0.25) is 0 Å². The van der Waals surface area contributed by atoms with Gasteiger partial charge in [-0.2, -0.15) is 26.3 Å². The SMILES string of the molecule is CCSc1cc(C2=C(F)C(F)(F)C(F)(F)C2(F)F)c(CC)s1. The molecule has 0 bridgehead atoms. The van der Waals surface area contributed by atoms with E-state index in [9.17, 15) is 30.7 Å². The van der Waals surface area contributed by atoms with Crippen molar-refractivity contribution in [1.82, 2.24) is 0 Å². The van der Waals surface area contributed by atoms with Crippen molar-refractivity contribution in [3.05, 3.63) is 22.3 Å². The van der Waals surface area contributed by atoms with Crippen molar-refractivity contribution in [3.8, 4) is 0 Å². The molecule has 22 heavy (non-hydrogen) atoms. The summed E-state index contributed by atoms with van der Waals surface area (Å²) in [7, 11) is 0. The predicted octanol–water partition coefficient (Wildman–Crippen LogP) is 6.02. The Hall–Kier alpha value is -0.700. The number of halogens is 7. The van der Waals surface area contributed by atoms with E-state index >= 15 is 0 Å². The average molecular weight is 364 g/mol. The molecule has 0 saturated carbocycles. The molecule has 0 aromatic carbocycles. The highest BCUT2D eigenvalue weighted by molar-refractivity contribution is 8.01. The number of aryl methyl sites for hydroxylation is 1. The highest BCUT2D eigenvalue weighted by Gasteiger charge is 2.81. The number of alkyl halides is 6. The molecule has 9 heteroatoms. The van der Waals surface area contributed by atoms with Crippen LogP contribution in [0.15, 0.2) is 16.1 Å². The maximum absolute atomic E-state index is 13.8. The molecule has 1 aliphatic carbocycles. The third kappa shape index (κ3) is 2.19. The number of thiophene rings is 1. The van der Waals surface area contributed by atoms with Gasteiger partial charge >= 0.3 is 17.8 Å². The second kappa shape index (κ2) is 5.43. The van der Waals surface area contributed by atoms with E-state index in [1.165, 1.54) is 11.8 Å². The van der Waals surface area contributed by atoms with Crippen molar-refractivity contribution >= 4 is 28.7 Å². The van der Waals surface area contributed by atoms with E-state index in [2.05, 4.69) is 0 Å². The number of thioether (sulfide) groups is 1. The molecular weight excluding hydrogens is 353 g/mol. The summed E-state index contributed by atoms with van der Waals surface area (Å²) in [6, 6.07) is 1.08. The molecule has 1 aromatic rings. The van der Waals surface area contributed by atoms with E-state index in [0.717, 1.165) is 17.4 Å². The fourth-order valence-corrected chi connectivity index (χ4v) is 4.38. The molecule has 0 saturated heterocycles. The summed E-state index contributed by atoms with van der Waals surface area (Å²) < 4.78 is 94.9. The molecule has 1 aromatic heterocycles. The number of allylic oxidation sites excluding steroid dienone is 2. The first-order chi connectivity index (χ1) is 10.0. The standard InChI is InChI=1S/C13H11F7S2/c1-3-7-6(5-8(22-7)21-4-2)9-10(14)12(17,18)13(19,20)11(9,15)16/h5H,3-4H2,1-2H3. The lowest BCUT2D eigenvalue weighted by Crippen LogP contribution is -2.48. The maximum atomic E-state index is 13.8. The van der Waals surface area contributed by atoms with E-state index in [1.54, 1.807) is 13.8 Å². The van der Waals surface area contributed by atoms with Gasteiger partial charge in [0.15, 0.2) is 5.83 Å². The molecule has 1 aliphatic rings. The Balaban J connectivity index is 2.68. The van der Waals surface area contributed by atoms with Crippen LogP contribution in [0.1, 0.15) is 24.3 Å². The van der Waals surface area contributed by atoms with Crippen LogP contribution in [-0.2, 0) is 6.42 Å². The van der Waals surface area contributed by atoms with Gasteiger partial charge < -0.3 is 0 Å². The van der Waals surface area contributed by atoms with Crippen LogP contribution in [0.4, 0.5) is 30.7 Å². The van der Waals surface area contributed by atoms with Crippen molar-refractivity contribution < 1.29 is 30.7 Å². The van der Waals surface area contributed by atoms with Crippen molar-refractivity contribution in [2.24, 2.45) is 0 Å². The van der Waals surface area contributed by atoms with Crippen LogP contribution in [0.5, 0.6) is 0 Å². The average Bonchev–Trinajstić information content (AvgIpc) is 2.84. The summed E-state index contributed by atoms with van der Waals surface area (Å²) >= 11 is 2.25. The normalized spacial score (nSPS) is 22.4. The summed E-state index contributed by atoms with van der Waals surface area (Å²) in [5.74, 6) is -18.7. The van der Waals surface area contributed by atoms with Crippen LogP contribution in [0, 0.1) is 0 Å². The lowest BCUT2D eigenvalue weighted by molar-refractivity contribution is -0.263. The third-order valence-corrected chi connectivity index (χ3v) is 5.63. The first kappa shape index (κ1) is 17.7. The van der Waals surface area contributed by atoms with E-state index in [0.29, 0.717) is 9.96 Å². The Bertz CT molecular complexity index is 616. The van der Waals surface area contributed by atoms with Crippen molar-refractivity contribution in [1.29, 1.82) is 0 Å². The van der Waals surface area contributed by atoms with Crippen molar-refractivity contribution in [2.75, 3.05) is 5.75 Å². The van der Waals surface area contributed by atoms with Gasteiger partial charge in [0, 0.05) is 10.4 Å². The van der Waals surface area contributed by atoms with Gasteiger partial charge in [0.05, 0.1) is 9.78 Å². The van der Waals surface area contributed by atoms with E-state index in [1.807, 2.05) is 0 Å². The van der Waals surface area contributed by atoms with E-state index in [4.69, 9.17) is 0 Å². The Labute approximate surface area is 130 Å². The lowest BCUT2D eigenvalue weighted by Gasteiger charge is -2.24. The highest BCUT2D eigenvalue weighted by atomic mass is 32.2. The fraction of sp³-hybridized carbons (Fsp3) is 0.538. The zero-order chi connectivity index (χ0) is 16.9. The Kier molecular flexibility index (Phi) is 4.36. The van der Waals surface area contributed by atoms with Gasteiger partial charge in [-0.15, -0.1) is 23.1 Å². The number of rotatable bonds is 4. The van der Waals surface area contributed by atoms with Crippen LogP contribution in [0.3, 0.4) is 0 Å². The quantitative estimate of drug-likeness (QED) is 0.465. The van der Waals surface area contributed by atoms with E-state index < -0.39 is 34.7 Å². The Morgan fingerprint density at radius 1 is 1.05 bits per heavy atom.